The van der Waals surface area contributed by atoms with Crippen LogP contribution < -0.4 is 5.32 Å². The van der Waals surface area contributed by atoms with Gasteiger partial charge in [-0.15, -0.1) is 0 Å². The number of rotatable bonds is 4. The molecule has 3 nitrogen and oxygen atoms in total. The number of fused-ring (bicyclic) bond motifs is 1. The van der Waals surface area contributed by atoms with E-state index in [9.17, 15) is 4.79 Å². The van der Waals surface area contributed by atoms with Crippen LogP contribution in [-0.4, -0.2) is 37.5 Å². The van der Waals surface area contributed by atoms with Gasteiger partial charge < -0.3 is 10.2 Å². The Hall–Kier alpha value is -0.570. The molecular formula is C10H18N2O. The summed E-state index contributed by atoms with van der Waals surface area (Å²) in [6.07, 6.45) is 1.16. The molecule has 0 aromatic rings. The third-order valence-electron chi connectivity index (χ3n) is 3.09. The average molecular weight is 182 g/mol. The first-order valence-corrected chi connectivity index (χ1v) is 5.15. The lowest BCUT2D eigenvalue weighted by Crippen LogP contribution is -2.35. The maximum absolute atomic E-state index is 11.6. The summed E-state index contributed by atoms with van der Waals surface area (Å²) in [6, 6.07) is 0. The fraction of sp³-hybridized carbons (Fsp3) is 0.900. The van der Waals surface area contributed by atoms with Gasteiger partial charge in [-0.25, -0.2) is 0 Å². The topological polar surface area (TPSA) is 32.3 Å². The smallest absolute Gasteiger partial charge is 0.226 e. The number of carbonyl (C=O) groups excluding carboxylic acids is 1. The summed E-state index contributed by atoms with van der Waals surface area (Å²) in [5, 5.41) is 3.14. The monoisotopic (exact) mass is 182 g/mol. The Bertz CT molecular complexity index is 217. The highest BCUT2D eigenvalue weighted by Crippen LogP contribution is 2.45. The van der Waals surface area contributed by atoms with Crippen molar-refractivity contribution in [1.29, 1.82) is 0 Å². The molecule has 0 aromatic carbocycles. The fourth-order valence-electron chi connectivity index (χ4n) is 2.31. The summed E-state index contributed by atoms with van der Waals surface area (Å²) in [5.74, 6) is 2.12. The standard InChI is InChI=1S/C10H18N2O/c1-7(4-11-2)5-12-6-8-3-9(8)10(12)13/h7-9,11H,3-6H2,1-2H3. The Labute approximate surface area is 79.5 Å². The minimum Gasteiger partial charge on any atom is -0.342 e. The van der Waals surface area contributed by atoms with Gasteiger partial charge in [0, 0.05) is 19.0 Å². The van der Waals surface area contributed by atoms with Crippen LogP contribution in [0, 0.1) is 17.8 Å². The van der Waals surface area contributed by atoms with E-state index in [1.165, 1.54) is 0 Å². The van der Waals surface area contributed by atoms with E-state index in [-0.39, 0.29) is 0 Å². The molecule has 1 saturated heterocycles. The van der Waals surface area contributed by atoms with E-state index >= 15 is 0 Å². The van der Waals surface area contributed by atoms with Gasteiger partial charge in [0.25, 0.3) is 0 Å². The highest BCUT2D eigenvalue weighted by atomic mass is 16.2. The van der Waals surface area contributed by atoms with Gasteiger partial charge in [0.05, 0.1) is 0 Å². The van der Waals surface area contributed by atoms with Crippen molar-refractivity contribution in [3.05, 3.63) is 0 Å². The van der Waals surface area contributed by atoms with Crippen molar-refractivity contribution in [2.45, 2.75) is 13.3 Å². The molecule has 74 valence electrons. The van der Waals surface area contributed by atoms with Crippen LogP contribution in [0.5, 0.6) is 0 Å². The van der Waals surface area contributed by atoms with Crippen molar-refractivity contribution in [3.8, 4) is 0 Å². The summed E-state index contributed by atoms with van der Waals surface area (Å²) in [5.41, 5.74) is 0. The van der Waals surface area contributed by atoms with Crippen molar-refractivity contribution < 1.29 is 4.79 Å². The number of nitrogens with one attached hydrogen (secondary N) is 1. The largest absolute Gasteiger partial charge is 0.342 e. The Kier molecular flexibility index (Phi) is 2.28. The molecule has 2 rings (SSSR count). The molecular weight excluding hydrogens is 164 g/mol. The molecule has 3 heteroatoms. The van der Waals surface area contributed by atoms with Crippen LogP contribution in [0.15, 0.2) is 0 Å². The van der Waals surface area contributed by atoms with Gasteiger partial charge in [0.1, 0.15) is 0 Å². The van der Waals surface area contributed by atoms with Gasteiger partial charge >= 0.3 is 0 Å². The summed E-state index contributed by atoms with van der Waals surface area (Å²) in [7, 11) is 1.96. The molecule has 3 atom stereocenters. The predicted molar refractivity (Wildman–Crippen MR) is 51.3 cm³/mol. The maximum Gasteiger partial charge on any atom is 0.226 e. The summed E-state index contributed by atoms with van der Waals surface area (Å²) in [4.78, 5) is 13.6. The zero-order chi connectivity index (χ0) is 9.42. The second-order valence-electron chi connectivity index (χ2n) is 4.51. The molecule has 2 aliphatic rings. The van der Waals surface area contributed by atoms with Crippen LogP contribution in [0.1, 0.15) is 13.3 Å². The minimum atomic E-state index is 0.410. The first kappa shape index (κ1) is 9.00. The lowest BCUT2D eigenvalue weighted by Gasteiger charge is -2.22. The van der Waals surface area contributed by atoms with Crippen LogP contribution in [0.25, 0.3) is 0 Å². The molecule has 1 N–H and O–H groups in total. The molecule has 0 radical (unpaired) electrons. The molecule has 1 saturated carbocycles. The zero-order valence-corrected chi connectivity index (χ0v) is 8.42. The normalized spacial score (nSPS) is 33.4. The molecule has 0 bridgehead atoms. The van der Waals surface area contributed by atoms with E-state index in [0.29, 0.717) is 23.7 Å². The number of piperidine rings is 1. The fourth-order valence-corrected chi connectivity index (χ4v) is 2.31. The van der Waals surface area contributed by atoms with E-state index < -0.39 is 0 Å². The molecule has 2 fully saturated rings. The van der Waals surface area contributed by atoms with Crippen molar-refractivity contribution in [1.82, 2.24) is 10.2 Å². The molecule has 13 heavy (non-hydrogen) atoms. The highest BCUT2D eigenvalue weighted by Gasteiger charge is 2.51. The van der Waals surface area contributed by atoms with E-state index in [4.69, 9.17) is 0 Å². The van der Waals surface area contributed by atoms with Crippen LogP contribution in [0.3, 0.4) is 0 Å². The summed E-state index contributed by atoms with van der Waals surface area (Å²) >= 11 is 0. The molecule has 3 unspecified atom stereocenters. The quantitative estimate of drug-likeness (QED) is 0.679. The minimum absolute atomic E-state index is 0.410. The Morgan fingerprint density at radius 1 is 1.69 bits per heavy atom. The Morgan fingerprint density at radius 3 is 3.00 bits per heavy atom. The van der Waals surface area contributed by atoms with E-state index in [2.05, 4.69) is 12.2 Å². The number of likely N-dealkylation sites (tertiary alicyclic amines) is 1. The lowest BCUT2D eigenvalue weighted by atomic mass is 10.1. The Balaban J connectivity index is 1.79. The van der Waals surface area contributed by atoms with Gasteiger partial charge in [-0.05, 0) is 31.8 Å². The maximum atomic E-state index is 11.6. The van der Waals surface area contributed by atoms with E-state index in [0.717, 1.165) is 26.1 Å². The molecule has 1 aliphatic heterocycles. The molecule has 0 spiro atoms. The molecule has 1 amide bonds. The lowest BCUT2D eigenvalue weighted by molar-refractivity contribution is -0.130. The average Bonchev–Trinajstić information content (AvgIpc) is 2.76. The van der Waals surface area contributed by atoms with Crippen LogP contribution in [0.2, 0.25) is 0 Å². The third-order valence-corrected chi connectivity index (χ3v) is 3.09. The van der Waals surface area contributed by atoms with E-state index in [1.807, 2.05) is 11.9 Å². The zero-order valence-electron chi connectivity index (χ0n) is 8.42. The first-order chi connectivity index (χ1) is 6.22. The van der Waals surface area contributed by atoms with Gasteiger partial charge in [0.15, 0.2) is 0 Å². The Morgan fingerprint density at radius 2 is 2.46 bits per heavy atom. The highest BCUT2D eigenvalue weighted by molar-refractivity contribution is 5.84. The van der Waals surface area contributed by atoms with Crippen molar-refractivity contribution in [3.63, 3.8) is 0 Å². The van der Waals surface area contributed by atoms with Gasteiger partial charge in [-0.1, -0.05) is 6.92 Å². The number of nitrogens with zero attached hydrogens (tertiary/aromatic N) is 1. The molecule has 0 aromatic heterocycles. The predicted octanol–water partition coefficient (Wildman–Crippen LogP) is 0.320. The van der Waals surface area contributed by atoms with Crippen LogP contribution >= 0.6 is 0 Å². The van der Waals surface area contributed by atoms with Gasteiger partial charge in [0.2, 0.25) is 5.91 Å². The number of hydrogen-bond donors (Lipinski definition) is 1. The third kappa shape index (κ3) is 1.70. The van der Waals surface area contributed by atoms with Crippen LogP contribution in [0.4, 0.5) is 0 Å². The first-order valence-electron chi connectivity index (χ1n) is 5.15. The summed E-state index contributed by atoms with van der Waals surface area (Å²) < 4.78 is 0. The number of carbonyl (C=O) groups is 1. The van der Waals surface area contributed by atoms with Crippen molar-refractivity contribution >= 4 is 5.91 Å². The summed E-state index contributed by atoms with van der Waals surface area (Å²) in [6.45, 7) is 5.15. The number of hydrogen-bond acceptors (Lipinski definition) is 2. The number of amides is 1. The second-order valence-corrected chi connectivity index (χ2v) is 4.51. The van der Waals surface area contributed by atoms with Gasteiger partial charge in [-0.3, -0.25) is 4.79 Å². The van der Waals surface area contributed by atoms with Crippen molar-refractivity contribution in [2.24, 2.45) is 17.8 Å². The molecule has 1 aliphatic carbocycles. The SMILES string of the molecule is CNCC(C)CN1CC2CC2C1=O. The van der Waals surface area contributed by atoms with Gasteiger partial charge in [-0.2, -0.15) is 0 Å². The van der Waals surface area contributed by atoms with E-state index in [1.54, 1.807) is 0 Å². The second kappa shape index (κ2) is 3.29. The van der Waals surface area contributed by atoms with Crippen LogP contribution in [-0.2, 0) is 4.79 Å². The molecule has 1 heterocycles. The van der Waals surface area contributed by atoms with Crippen molar-refractivity contribution in [2.75, 3.05) is 26.7 Å².